The van der Waals surface area contributed by atoms with E-state index in [1.54, 1.807) is 30.7 Å². The second-order valence-electron chi connectivity index (χ2n) is 7.34. The lowest BCUT2D eigenvalue weighted by Gasteiger charge is -2.41. The van der Waals surface area contributed by atoms with Crippen LogP contribution in [0.3, 0.4) is 0 Å². The average molecular weight is 445 g/mol. The lowest BCUT2D eigenvalue weighted by atomic mass is 10.1. The van der Waals surface area contributed by atoms with E-state index in [4.69, 9.17) is 23.2 Å². The molecule has 9 heteroatoms. The number of hydrogen-bond acceptors (Lipinski definition) is 6. The number of anilines is 1. The molecule has 1 fully saturated rings. The molecule has 3 aromatic rings. The van der Waals surface area contributed by atoms with Gasteiger partial charge in [-0.05, 0) is 31.2 Å². The molecule has 0 aliphatic carbocycles. The van der Waals surface area contributed by atoms with Crippen molar-refractivity contribution in [1.82, 2.24) is 25.1 Å². The zero-order valence-corrected chi connectivity index (χ0v) is 18.1. The molecule has 156 valence electrons. The number of H-pyrrole nitrogens is 1. The molecule has 0 amide bonds. The molecule has 1 N–H and O–H groups in total. The van der Waals surface area contributed by atoms with Crippen LogP contribution >= 0.6 is 23.2 Å². The van der Waals surface area contributed by atoms with Gasteiger partial charge >= 0.3 is 0 Å². The molecule has 7 nitrogen and oxygen atoms in total. The summed E-state index contributed by atoms with van der Waals surface area (Å²) >= 11 is 12.5. The van der Waals surface area contributed by atoms with Crippen molar-refractivity contribution in [2.24, 2.45) is 0 Å². The minimum atomic E-state index is 0.0270. The highest BCUT2D eigenvalue weighted by molar-refractivity contribution is 6.35. The van der Waals surface area contributed by atoms with Crippen molar-refractivity contribution in [2.75, 3.05) is 31.1 Å². The smallest absolute Gasteiger partial charge is 0.178 e. The zero-order chi connectivity index (χ0) is 21.1. The van der Waals surface area contributed by atoms with Crippen molar-refractivity contribution < 1.29 is 4.79 Å². The molecule has 1 aromatic carbocycles. The number of nitrogens with one attached hydrogen (secondary N) is 1. The van der Waals surface area contributed by atoms with Gasteiger partial charge in [0.1, 0.15) is 5.69 Å². The summed E-state index contributed by atoms with van der Waals surface area (Å²) < 4.78 is 0. The predicted molar refractivity (Wildman–Crippen MR) is 118 cm³/mol. The fraction of sp³-hybridized carbons (Fsp3) is 0.333. The Balaban J connectivity index is 1.37. The Kier molecular flexibility index (Phi) is 6.32. The standard InChI is InChI=1S/C21H22Cl2N6O/c1-14-13-28(9-10-29(14)18-11-15(22)3-4-17(18)23)8-5-19(30)16-12-26-27-20(16)21-24-6-2-7-25-21/h2-4,6-7,11-12,14H,5,8-10,13H2,1H3,(H,26,27). The van der Waals surface area contributed by atoms with Crippen LogP contribution in [0, 0.1) is 0 Å². The number of benzene rings is 1. The molecule has 1 atom stereocenters. The Morgan fingerprint density at radius 3 is 2.80 bits per heavy atom. The SMILES string of the molecule is CC1CN(CCC(=O)c2cn[nH]c2-c2ncccn2)CCN1c1cc(Cl)ccc1Cl. The summed E-state index contributed by atoms with van der Waals surface area (Å²) in [6, 6.07) is 7.53. The maximum atomic E-state index is 12.8. The van der Waals surface area contributed by atoms with Crippen LogP contribution in [0.15, 0.2) is 42.9 Å². The molecule has 0 saturated carbocycles. The Labute approximate surface area is 185 Å². The summed E-state index contributed by atoms with van der Waals surface area (Å²) in [5.41, 5.74) is 2.05. The molecule has 1 saturated heterocycles. The summed E-state index contributed by atoms with van der Waals surface area (Å²) in [7, 11) is 0. The van der Waals surface area contributed by atoms with Gasteiger partial charge < -0.3 is 4.90 Å². The molecule has 0 radical (unpaired) electrons. The molecule has 1 unspecified atom stereocenters. The van der Waals surface area contributed by atoms with E-state index in [0.29, 0.717) is 40.1 Å². The number of nitrogens with zero attached hydrogens (tertiary/aromatic N) is 5. The van der Waals surface area contributed by atoms with Crippen LogP contribution in [0.1, 0.15) is 23.7 Å². The fourth-order valence-corrected chi connectivity index (χ4v) is 4.18. The highest BCUT2D eigenvalue weighted by Gasteiger charge is 2.26. The van der Waals surface area contributed by atoms with Gasteiger partial charge in [0, 0.05) is 56.1 Å². The summed E-state index contributed by atoms with van der Waals surface area (Å²) in [6.45, 7) is 5.35. The highest BCUT2D eigenvalue weighted by atomic mass is 35.5. The number of ketones is 1. The normalized spacial score (nSPS) is 17.3. The number of carbonyl (C=O) groups excluding carboxylic acids is 1. The van der Waals surface area contributed by atoms with Crippen molar-refractivity contribution in [1.29, 1.82) is 0 Å². The van der Waals surface area contributed by atoms with Crippen molar-refractivity contribution in [2.45, 2.75) is 19.4 Å². The monoisotopic (exact) mass is 444 g/mol. The zero-order valence-electron chi connectivity index (χ0n) is 16.6. The van der Waals surface area contributed by atoms with Crippen molar-refractivity contribution >= 4 is 34.7 Å². The highest BCUT2D eigenvalue weighted by Crippen LogP contribution is 2.31. The van der Waals surface area contributed by atoms with Gasteiger partial charge in [0.25, 0.3) is 0 Å². The second-order valence-corrected chi connectivity index (χ2v) is 8.19. The minimum Gasteiger partial charge on any atom is -0.365 e. The van der Waals surface area contributed by atoms with Crippen LogP contribution in [0.4, 0.5) is 5.69 Å². The van der Waals surface area contributed by atoms with E-state index in [0.717, 1.165) is 25.3 Å². The van der Waals surface area contributed by atoms with Crippen LogP contribution in [-0.4, -0.2) is 63.1 Å². The topological polar surface area (TPSA) is 78.0 Å². The maximum Gasteiger partial charge on any atom is 0.178 e. The third-order valence-corrected chi connectivity index (χ3v) is 5.87. The van der Waals surface area contributed by atoms with E-state index in [1.807, 2.05) is 12.1 Å². The number of aromatic amines is 1. The fourth-order valence-electron chi connectivity index (χ4n) is 3.79. The minimum absolute atomic E-state index is 0.0270. The number of carbonyl (C=O) groups is 1. The van der Waals surface area contributed by atoms with Crippen LogP contribution < -0.4 is 4.90 Å². The lowest BCUT2D eigenvalue weighted by Crippen LogP contribution is -2.52. The first-order valence-corrected chi connectivity index (χ1v) is 10.6. The van der Waals surface area contributed by atoms with Crippen molar-refractivity contribution in [3.63, 3.8) is 0 Å². The number of aromatic nitrogens is 4. The van der Waals surface area contributed by atoms with Gasteiger partial charge in [0.2, 0.25) is 0 Å². The van der Waals surface area contributed by atoms with E-state index < -0.39 is 0 Å². The Hall–Kier alpha value is -2.48. The molecule has 30 heavy (non-hydrogen) atoms. The van der Waals surface area contributed by atoms with Crippen molar-refractivity contribution in [3.8, 4) is 11.5 Å². The van der Waals surface area contributed by atoms with Gasteiger partial charge in [-0.3, -0.25) is 14.8 Å². The lowest BCUT2D eigenvalue weighted by molar-refractivity contribution is 0.0959. The van der Waals surface area contributed by atoms with Gasteiger partial charge in [-0.2, -0.15) is 5.10 Å². The van der Waals surface area contributed by atoms with Crippen LogP contribution in [0.2, 0.25) is 10.0 Å². The van der Waals surface area contributed by atoms with Gasteiger partial charge in [0.05, 0.1) is 22.5 Å². The summed E-state index contributed by atoms with van der Waals surface area (Å²) in [5.74, 6) is 0.498. The van der Waals surface area contributed by atoms with E-state index in [9.17, 15) is 4.79 Å². The summed E-state index contributed by atoms with van der Waals surface area (Å²) in [5, 5.41) is 8.23. The second kappa shape index (κ2) is 9.12. The van der Waals surface area contributed by atoms with Crippen LogP contribution in [0.25, 0.3) is 11.5 Å². The molecule has 2 aromatic heterocycles. The van der Waals surface area contributed by atoms with Gasteiger partial charge in [0.15, 0.2) is 11.6 Å². The first kappa shape index (κ1) is 20.8. The third-order valence-electron chi connectivity index (χ3n) is 5.31. The van der Waals surface area contributed by atoms with E-state index in [1.165, 1.54) is 0 Å². The molecule has 0 bridgehead atoms. The largest absolute Gasteiger partial charge is 0.365 e. The Bertz CT molecular complexity index is 1030. The Morgan fingerprint density at radius 2 is 2.03 bits per heavy atom. The van der Waals surface area contributed by atoms with Crippen LogP contribution in [-0.2, 0) is 0 Å². The molecule has 1 aliphatic rings. The molecule has 0 spiro atoms. The predicted octanol–water partition coefficient (Wildman–Crippen LogP) is 3.96. The summed E-state index contributed by atoms with van der Waals surface area (Å²) in [4.78, 5) is 25.8. The number of halogens is 2. The Morgan fingerprint density at radius 1 is 1.23 bits per heavy atom. The number of Topliss-reactive ketones (excluding diaryl/α,β-unsaturated/α-hetero) is 1. The van der Waals surface area contributed by atoms with E-state index >= 15 is 0 Å². The molecule has 1 aliphatic heterocycles. The maximum absolute atomic E-state index is 12.8. The van der Waals surface area contributed by atoms with Gasteiger partial charge in [-0.1, -0.05) is 23.2 Å². The van der Waals surface area contributed by atoms with E-state index in [-0.39, 0.29) is 11.8 Å². The average Bonchev–Trinajstić information content (AvgIpc) is 3.25. The molecule has 3 heterocycles. The van der Waals surface area contributed by atoms with Gasteiger partial charge in [-0.15, -0.1) is 0 Å². The number of hydrogen-bond donors (Lipinski definition) is 1. The third kappa shape index (κ3) is 4.48. The first-order chi connectivity index (χ1) is 14.5. The van der Waals surface area contributed by atoms with Crippen LogP contribution in [0.5, 0.6) is 0 Å². The first-order valence-electron chi connectivity index (χ1n) is 9.81. The van der Waals surface area contributed by atoms with Gasteiger partial charge in [-0.25, -0.2) is 9.97 Å². The number of piperazine rings is 1. The van der Waals surface area contributed by atoms with Crippen molar-refractivity contribution in [3.05, 3.63) is 58.5 Å². The molecular weight excluding hydrogens is 423 g/mol. The van der Waals surface area contributed by atoms with E-state index in [2.05, 4.69) is 36.9 Å². The quantitative estimate of drug-likeness (QED) is 0.579. The molecular formula is C21H22Cl2N6O. The molecule has 4 rings (SSSR count). The summed E-state index contributed by atoms with van der Waals surface area (Å²) in [6.07, 6.45) is 5.24. The number of rotatable bonds is 6.